The van der Waals surface area contributed by atoms with Crippen LogP contribution < -0.4 is 11.1 Å². The van der Waals surface area contributed by atoms with E-state index in [2.05, 4.69) is 11.4 Å². The SMILES string of the molecule is Cc1cc(N)cc(C(=O)NCCC2=CCCC2)c1. The van der Waals surface area contributed by atoms with E-state index in [1.54, 1.807) is 6.07 Å². The highest BCUT2D eigenvalue weighted by Gasteiger charge is 2.08. The number of nitrogens with two attached hydrogens (primary N) is 1. The zero-order valence-corrected chi connectivity index (χ0v) is 10.8. The summed E-state index contributed by atoms with van der Waals surface area (Å²) >= 11 is 0. The Morgan fingerprint density at radius 1 is 1.39 bits per heavy atom. The lowest BCUT2D eigenvalue weighted by molar-refractivity contribution is 0.0954. The molecule has 0 aliphatic heterocycles. The number of amides is 1. The fraction of sp³-hybridized carbons (Fsp3) is 0.400. The summed E-state index contributed by atoms with van der Waals surface area (Å²) in [6.45, 7) is 2.65. The minimum atomic E-state index is -0.0380. The van der Waals surface area contributed by atoms with Crippen LogP contribution in [0.2, 0.25) is 0 Å². The van der Waals surface area contributed by atoms with Crippen LogP contribution in [0.25, 0.3) is 0 Å². The van der Waals surface area contributed by atoms with E-state index in [9.17, 15) is 4.79 Å². The monoisotopic (exact) mass is 244 g/mol. The fourth-order valence-corrected chi connectivity index (χ4v) is 2.35. The molecule has 3 nitrogen and oxygen atoms in total. The van der Waals surface area contributed by atoms with E-state index in [0.29, 0.717) is 17.8 Å². The third-order valence-electron chi connectivity index (χ3n) is 3.23. The molecule has 0 spiro atoms. The molecule has 0 saturated carbocycles. The van der Waals surface area contributed by atoms with Gasteiger partial charge in [-0.05, 0) is 56.4 Å². The molecule has 0 saturated heterocycles. The first kappa shape index (κ1) is 12.7. The zero-order valence-electron chi connectivity index (χ0n) is 10.8. The van der Waals surface area contributed by atoms with Crippen molar-refractivity contribution in [3.05, 3.63) is 41.0 Å². The minimum Gasteiger partial charge on any atom is -0.399 e. The molecule has 1 aromatic rings. The first-order valence-corrected chi connectivity index (χ1v) is 6.48. The molecule has 96 valence electrons. The zero-order chi connectivity index (χ0) is 13.0. The maximum Gasteiger partial charge on any atom is 0.251 e. The summed E-state index contributed by atoms with van der Waals surface area (Å²) in [6, 6.07) is 5.44. The van der Waals surface area contributed by atoms with Crippen molar-refractivity contribution in [1.29, 1.82) is 0 Å². The van der Waals surface area contributed by atoms with Crippen LogP contribution in [-0.4, -0.2) is 12.5 Å². The molecule has 1 aromatic carbocycles. The number of rotatable bonds is 4. The summed E-state index contributed by atoms with van der Waals surface area (Å²) in [6.07, 6.45) is 6.90. The largest absolute Gasteiger partial charge is 0.399 e. The van der Waals surface area contributed by atoms with E-state index in [1.807, 2.05) is 19.1 Å². The van der Waals surface area contributed by atoms with Crippen LogP contribution in [0.5, 0.6) is 0 Å². The number of hydrogen-bond acceptors (Lipinski definition) is 2. The molecule has 0 heterocycles. The predicted molar refractivity (Wildman–Crippen MR) is 74.5 cm³/mol. The lowest BCUT2D eigenvalue weighted by atomic mass is 10.1. The average molecular weight is 244 g/mol. The molecule has 3 heteroatoms. The van der Waals surface area contributed by atoms with Crippen LogP contribution in [0.3, 0.4) is 0 Å². The predicted octanol–water partition coefficient (Wildman–Crippen LogP) is 2.81. The van der Waals surface area contributed by atoms with Crippen LogP contribution in [0.1, 0.15) is 41.6 Å². The second-order valence-electron chi connectivity index (χ2n) is 4.89. The molecule has 0 aromatic heterocycles. The number of aryl methyl sites for hydroxylation is 1. The number of allylic oxidation sites excluding steroid dienone is 1. The summed E-state index contributed by atoms with van der Waals surface area (Å²) in [5.74, 6) is -0.0380. The highest BCUT2D eigenvalue weighted by Crippen LogP contribution is 2.19. The molecule has 1 amide bonds. The lowest BCUT2D eigenvalue weighted by Gasteiger charge is -2.07. The van der Waals surface area contributed by atoms with Crippen molar-refractivity contribution in [2.24, 2.45) is 0 Å². The third kappa shape index (κ3) is 3.36. The quantitative estimate of drug-likeness (QED) is 0.632. The smallest absolute Gasteiger partial charge is 0.251 e. The lowest BCUT2D eigenvalue weighted by Crippen LogP contribution is -2.24. The molecular formula is C15H20N2O. The van der Waals surface area contributed by atoms with Gasteiger partial charge in [-0.2, -0.15) is 0 Å². The molecule has 3 N–H and O–H groups in total. The van der Waals surface area contributed by atoms with Crippen molar-refractivity contribution in [2.75, 3.05) is 12.3 Å². The maximum atomic E-state index is 11.9. The maximum absolute atomic E-state index is 11.9. The van der Waals surface area contributed by atoms with Crippen LogP contribution in [0.15, 0.2) is 29.8 Å². The molecule has 1 aliphatic carbocycles. The number of benzene rings is 1. The van der Waals surface area contributed by atoms with Gasteiger partial charge in [0.2, 0.25) is 0 Å². The third-order valence-corrected chi connectivity index (χ3v) is 3.23. The number of nitrogen functional groups attached to an aromatic ring is 1. The first-order valence-electron chi connectivity index (χ1n) is 6.48. The molecule has 2 rings (SSSR count). The van der Waals surface area contributed by atoms with Crippen molar-refractivity contribution in [2.45, 2.75) is 32.6 Å². The van der Waals surface area contributed by atoms with Gasteiger partial charge in [0.05, 0.1) is 0 Å². The van der Waals surface area contributed by atoms with Gasteiger partial charge in [0.25, 0.3) is 5.91 Å². The molecule has 0 fully saturated rings. The van der Waals surface area contributed by atoms with Gasteiger partial charge < -0.3 is 11.1 Å². The normalized spacial score (nSPS) is 14.4. The van der Waals surface area contributed by atoms with Crippen LogP contribution in [0.4, 0.5) is 5.69 Å². The highest BCUT2D eigenvalue weighted by atomic mass is 16.1. The van der Waals surface area contributed by atoms with Crippen molar-refractivity contribution < 1.29 is 4.79 Å². The topological polar surface area (TPSA) is 55.1 Å². The van der Waals surface area contributed by atoms with Gasteiger partial charge in [0, 0.05) is 17.8 Å². The summed E-state index contributed by atoms with van der Waals surface area (Å²) in [4.78, 5) is 11.9. The van der Waals surface area contributed by atoms with E-state index >= 15 is 0 Å². The van der Waals surface area contributed by atoms with Gasteiger partial charge in [-0.15, -0.1) is 0 Å². The Morgan fingerprint density at radius 3 is 2.89 bits per heavy atom. The van der Waals surface area contributed by atoms with Crippen LogP contribution in [-0.2, 0) is 0 Å². The Hall–Kier alpha value is -1.77. The number of anilines is 1. The molecule has 0 bridgehead atoms. The number of carbonyl (C=O) groups is 1. The Kier molecular flexibility index (Phi) is 4.03. The number of nitrogens with one attached hydrogen (secondary N) is 1. The Labute approximate surface area is 108 Å². The molecule has 0 radical (unpaired) electrons. The minimum absolute atomic E-state index is 0.0380. The Balaban J connectivity index is 1.87. The molecule has 18 heavy (non-hydrogen) atoms. The average Bonchev–Trinajstić information content (AvgIpc) is 2.80. The van der Waals surface area contributed by atoms with Crippen LogP contribution >= 0.6 is 0 Å². The van der Waals surface area contributed by atoms with Gasteiger partial charge in [-0.3, -0.25) is 4.79 Å². The Bertz CT molecular complexity index is 457. The second-order valence-corrected chi connectivity index (χ2v) is 4.89. The van der Waals surface area contributed by atoms with E-state index in [4.69, 9.17) is 5.73 Å². The van der Waals surface area contributed by atoms with E-state index in [1.165, 1.54) is 24.8 Å². The van der Waals surface area contributed by atoms with Gasteiger partial charge >= 0.3 is 0 Å². The number of carbonyl (C=O) groups excluding carboxylic acids is 1. The summed E-state index contributed by atoms with van der Waals surface area (Å²) in [5.41, 5.74) is 9.50. The van der Waals surface area contributed by atoms with Crippen LogP contribution in [0, 0.1) is 6.92 Å². The van der Waals surface area contributed by atoms with Crippen molar-refractivity contribution in [1.82, 2.24) is 5.32 Å². The summed E-state index contributed by atoms with van der Waals surface area (Å²) < 4.78 is 0. The molecule has 0 unspecified atom stereocenters. The van der Waals surface area contributed by atoms with E-state index < -0.39 is 0 Å². The molecule has 0 atom stereocenters. The standard InChI is InChI=1S/C15H20N2O/c1-11-8-13(10-14(16)9-11)15(18)17-7-6-12-4-2-3-5-12/h4,8-10H,2-3,5-7,16H2,1H3,(H,17,18). The van der Waals surface area contributed by atoms with Crippen molar-refractivity contribution in [3.63, 3.8) is 0 Å². The second kappa shape index (κ2) is 5.71. The Morgan fingerprint density at radius 2 is 2.22 bits per heavy atom. The van der Waals surface area contributed by atoms with Gasteiger partial charge in [0.1, 0.15) is 0 Å². The summed E-state index contributed by atoms with van der Waals surface area (Å²) in [7, 11) is 0. The van der Waals surface area contributed by atoms with Gasteiger partial charge in [-0.25, -0.2) is 0 Å². The van der Waals surface area contributed by atoms with Gasteiger partial charge in [0.15, 0.2) is 0 Å². The molecular weight excluding hydrogens is 224 g/mol. The first-order chi connectivity index (χ1) is 8.65. The van der Waals surface area contributed by atoms with E-state index in [-0.39, 0.29) is 5.91 Å². The summed E-state index contributed by atoms with van der Waals surface area (Å²) in [5, 5.41) is 2.94. The van der Waals surface area contributed by atoms with Crippen molar-refractivity contribution >= 4 is 11.6 Å². The van der Waals surface area contributed by atoms with Gasteiger partial charge in [-0.1, -0.05) is 11.6 Å². The molecule has 1 aliphatic rings. The fourth-order valence-electron chi connectivity index (χ4n) is 2.35. The highest BCUT2D eigenvalue weighted by molar-refractivity contribution is 5.95. The number of hydrogen-bond donors (Lipinski definition) is 2. The van der Waals surface area contributed by atoms with Crippen molar-refractivity contribution in [3.8, 4) is 0 Å². The van der Waals surface area contributed by atoms with E-state index in [0.717, 1.165) is 12.0 Å².